The van der Waals surface area contributed by atoms with Crippen LogP contribution in [0.3, 0.4) is 0 Å². The van der Waals surface area contributed by atoms with Gasteiger partial charge in [0, 0.05) is 25.6 Å². The van der Waals surface area contributed by atoms with Crippen LogP contribution in [0.15, 0.2) is 0 Å². The van der Waals surface area contributed by atoms with E-state index in [1.54, 1.807) is 27.9 Å². The summed E-state index contributed by atoms with van der Waals surface area (Å²) in [5, 5.41) is 13.9. The molecule has 0 aromatic rings. The van der Waals surface area contributed by atoms with Gasteiger partial charge in [0.2, 0.25) is 17.7 Å². The zero-order valence-corrected chi connectivity index (χ0v) is 16.6. The molecule has 3 amide bonds. The Balaban J connectivity index is 4.13. The predicted octanol–water partition coefficient (Wildman–Crippen LogP) is -2.53. The van der Waals surface area contributed by atoms with E-state index in [0.717, 1.165) is 0 Å². The molecule has 10 nitrogen and oxygen atoms in total. The summed E-state index contributed by atoms with van der Waals surface area (Å²) in [6, 6.07) is -1.45. The molecular weight excluding hydrogens is 352 g/mol. The second-order valence-corrected chi connectivity index (χ2v) is 6.46. The van der Waals surface area contributed by atoms with Crippen molar-refractivity contribution in [2.24, 2.45) is 11.7 Å². The highest BCUT2D eigenvalue weighted by atomic mass is 16.2. The van der Waals surface area contributed by atoms with Crippen LogP contribution in [-0.4, -0.2) is 75.9 Å². The van der Waals surface area contributed by atoms with E-state index in [2.05, 4.69) is 26.6 Å². The van der Waals surface area contributed by atoms with Crippen molar-refractivity contribution >= 4 is 24.0 Å². The molecule has 0 bridgehead atoms. The normalized spacial score (nSPS) is 15.1. The lowest BCUT2D eigenvalue weighted by Crippen LogP contribution is -2.47. The fourth-order valence-electron chi connectivity index (χ4n) is 2.14. The number of rotatable bonds is 14. The van der Waals surface area contributed by atoms with Crippen molar-refractivity contribution < 1.29 is 19.2 Å². The lowest BCUT2D eigenvalue weighted by atomic mass is 10.1. The average Bonchev–Trinajstić information content (AvgIpc) is 2.67. The van der Waals surface area contributed by atoms with Gasteiger partial charge in [-0.2, -0.15) is 0 Å². The van der Waals surface area contributed by atoms with E-state index < -0.39 is 12.1 Å². The number of likely N-dealkylation sites (N-methyl/N-ethyl adjacent to an activating group) is 2. The maximum Gasteiger partial charge on any atom is 0.237 e. The number of hydrogen-bond donors (Lipinski definition) is 6. The molecule has 0 fully saturated rings. The van der Waals surface area contributed by atoms with E-state index in [-0.39, 0.29) is 36.2 Å². The van der Waals surface area contributed by atoms with Crippen molar-refractivity contribution in [2.45, 2.75) is 44.8 Å². The molecule has 7 N–H and O–H groups in total. The van der Waals surface area contributed by atoms with E-state index in [1.807, 2.05) is 0 Å². The lowest BCUT2D eigenvalue weighted by molar-refractivity contribution is -0.126. The molecule has 4 atom stereocenters. The molecule has 0 spiro atoms. The molecule has 10 heteroatoms. The highest BCUT2D eigenvalue weighted by molar-refractivity contribution is 5.83. The van der Waals surface area contributed by atoms with E-state index in [0.29, 0.717) is 32.2 Å². The van der Waals surface area contributed by atoms with Crippen molar-refractivity contribution in [1.29, 1.82) is 0 Å². The monoisotopic (exact) mass is 386 g/mol. The van der Waals surface area contributed by atoms with Crippen LogP contribution in [0.25, 0.3) is 0 Å². The van der Waals surface area contributed by atoms with Gasteiger partial charge >= 0.3 is 0 Å². The van der Waals surface area contributed by atoms with E-state index in [1.165, 1.54) is 0 Å². The Bertz CT molecular complexity index is 488. The summed E-state index contributed by atoms with van der Waals surface area (Å²) < 4.78 is 0. The van der Waals surface area contributed by atoms with Crippen LogP contribution >= 0.6 is 0 Å². The van der Waals surface area contributed by atoms with Gasteiger partial charge in [-0.3, -0.25) is 14.4 Å². The molecule has 4 unspecified atom stereocenters. The maximum absolute atomic E-state index is 12.2. The molecule has 0 radical (unpaired) electrons. The van der Waals surface area contributed by atoms with E-state index >= 15 is 0 Å². The number of hydrogen-bond acceptors (Lipinski definition) is 7. The topological polar surface area (TPSA) is 154 Å². The van der Waals surface area contributed by atoms with Gasteiger partial charge in [-0.05, 0) is 33.9 Å². The molecule has 0 heterocycles. The van der Waals surface area contributed by atoms with E-state index in [9.17, 15) is 19.2 Å². The van der Waals surface area contributed by atoms with Gasteiger partial charge in [-0.15, -0.1) is 0 Å². The van der Waals surface area contributed by atoms with Crippen molar-refractivity contribution in [3.63, 3.8) is 0 Å². The van der Waals surface area contributed by atoms with Crippen molar-refractivity contribution in [3.05, 3.63) is 0 Å². The number of nitrogens with one attached hydrogen (secondary N) is 5. The minimum Gasteiger partial charge on any atom is -0.355 e. The SMILES string of the molecule is CNC(C)C(=O)NCCC(NC)C(=O)NCCC(C)C(=O)NCC(N)C=O. The first kappa shape index (κ1) is 25.0. The van der Waals surface area contributed by atoms with Gasteiger partial charge in [-0.1, -0.05) is 6.92 Å². The first-order valence-electron chi connectivity index (χ1n) is 9.15. The summed E-state index contributed by atoms with van der Waals surface area (Å²) in [7, 11) is 3.38. The van der Waals surface area contributed by atoms with Crippen LogP contribution in [0.5, 0.6) is 0 Å². The van der Waals surface area contributed by atoms with Crippen LogP contribution in [0.4, 0.5) is 0 Å². The molecule has 0 saturated carbocycles. The highest BCUT2D eigenvalue weighted by Crippen LogP contribution is 2.01. The summed E-state index contributed by atoms with van der Waals surface area (Å²) in [4.78, 5) is 46.2. The smallest absolute Gasteiger partial charge is 0.237 e. The van der Waals surface area contributed by atoms with Gasteiger partial charge in [-0.25, -0.2) is 0 Å². The zero-order valence-electron chi connectivity index (χ0n) is 16.6. The summed E-state index contributed by atoms with van der Waals surface area (Å²) in [6.07, 6.45) is 1.48. The first-order chi connectivity index (χ1) is 12.8. The molecule has 0 saturated heterocycles. The number of aldehydes is 1. The number of nitrogens with two attached hydrogens (primary N) is 1. The molecule has 27 heavy (non-hydrogen) atoms. The fraction of sp³-hybridized carbons (Fsp3) is 0.765. The third-order valence-electron chi connectivity index (χ3n) is 4.23. The van der Waals surface area contributed by atoms with E-state index in [4.69, 9.17) is 5.73 Å². The molecule has 0 rings (SSSR count). The number of carbonyl (C=O) groups is 4. The van der Waals surface area contributed by atoms with Crippen molar-refractivity contribution in [2.75, 3.05) is 33.7 Å². The Labute approximate surface area is 160 Å². The summed E-state index contributed by atoms with van der Waals surface area (Å²) in [5.74, 6) is -0.849. The predicted molar refractivity (Wildman–Crippen MR) is 103 cm³/mol. The second kappa shape index (κ2) is 14.1. The standard InChI is InChI=1S/C17H34N6O4/c1-11(15(25)23-9-13(18)10-24)5-7-22-17(27)14(20-4)6-8-21-16(26)12(2)19-3/h10-14,19-20H,5-9,18H2,1-4H3,(H,21,26)(H,22,27)(H,23,25). The van der Waals surface area contributed by atoms with Gasteiger partial charge in [0.1, 0.15) is 6.29 Å². The Kier molecular flexibility index (Phi) is 13.0. The first-order valence-corrected chi connectivity index (χ1v) is 9.15. The highest BCUT2D eigenvalue weighted by Gasteiger charge is 2.18. The molecule has 0 aromatic heterocycles. The van der Waals surface area contributed by atoms with Gasteiger partial charge in [0.15, 0.2) is 0 Å². The number of amides is 3. The minimum atomic E-state index is -0.714. The van der Waals surface area contributed by atoms with Crippen LogP contribution < -0.4 is 32.3 Å². The minimum absolute atomic E-state index is 0.0960. The maximum atomic E-state index is 12.2. The van der Waals surface area contributed by atoms with Gasteiger partial charge < -0.3 is 37.1 Å². The van der Waals surface area contributed by atoms with Crippen molar-refractivity contribution in [3.8, 4) is 0 Å². The Morgan fingerprint density at radius 1 is 0.889 bits per heavy atom. The summed E-state index contributed by atoms with van der Waals surface area (Å²) >= 11 is 0. The van der Waals surface area contributed by atoms with Gasteiger partial charge in [0.25, 0.3) is 0 Å². The Morgan fingerprint density at radius 3 is 2.04 bits per heavy atom. The molecule has 0 aliphatic rings. The Morgan fingerprint density at radius 2 is 1.48 bits per heavy atom. The van der Waals surface area contributed by atoms with Crippen LogP contribution in [0.1, 0.15) is 26.7 Å². The number of carbonyl (C=O) groups excluding carboxylic acids is 4. The quantitative estimate of drug-likeness (QED) is 0.180. The fourth-order valence-corrected chi connectivity index (χ4v) is 2.14. The summed E-state index contributed by atoms with van der Waals surface area (Å²) in [6.45, 7) is 4.30. The third kappa shape index (κ3) is 10.6. The summed E-state index contributed by atoms with van der Waals surface area (Å²) in [5.41, 5.74) is 5.42. The molecule has 0 aliphatic carbocycles. The van der Waals surface area contributed by atoms with Gasteiger partial charge in [0.05, 0.1) is 18.1 Å². The largest absolute Gasteiger partial charge is 0.355 e. The molecule has 0 aromatic carbocycles. The second-order valence-electron chi connectivity index (χ2n) is 6.46. The molecular formula is C17H34N6O4. The molecule has 156 valence electrons. The lowest BCUT2D eigenvalue weighted by Gasteiger charge is -2.18. The Hall–Kier alpha value is -2.04. The molecule has 0 aliphatic heterocycles. The average molecular weight is 386 g/mol. The third-order valence-corrected chi connectivity index (χ3v) is 4.23. The van der Waals surface area contributed by atoms with Crippen molar-refractivity contribution in [1.82, 2.24) is 26.6 Å². The zero-order chi connectivity index (χ0) is 20.8. The van der Waals surface area contributed by atoms with Crippen LogP contribution in [0, 0.1) is 5.92 Å². The van der Waals surface area contributed by atoms with Crippen LogP contribution in [0.2, 0.25) is 0 Å². The van der Waals surface area contributed by atoms with Crippen LogP contribution in [-0.2, 0) is 19.2 Å².